The van der Waals surface area contributed by atoms with Gasteiger partial charge in [0, 0.05) is 32.7 Å². The van der Waals surface area contributed by atoms with E-state index in [9.17, 15) is 4.79 Å². The molecule has 1 aliphatic rings. The summed E-state index contributed by atoms with van der Waals surface area (Å²) in [7, 11) is 3.36. The highest BCUT2D eigenvalue weighted by atomic mass is 16.7. The van der Waals surface area contributed by atoms with Crippen molar-refractivity contribution in [3.63, 3.8) is 0 Å². The van der Waals surface area contributed by atoms with Gasteiger partial charge >= 0.3 is 0 Å². The first kappa shape index (κ1) is 18.6. The van der Waals surface area contributed by atoms with E-state index in [-0.39, 0.29) is 12.7 Å². The first-order chi connectivity index (χ1) is 13.2. The summed E-state index contributed by atoms with van der Waals surface area (Å²) in [5, 5.41) is 9.18. The topological polar surface area (TPSA) is 84.0 Å². The summed E-state index contributed by atoms with van der Waals surface area (Å²) in [6.45, 7) is 1.60. The minimum atomic E-state index is -0.0944. The minimum absolute atomic E-state index is 0.0944. The SMILES string of the molecule is CN=C(NCCc1ccc2c(c1)OCO2)NCc1cccc(C(=O)NC)c1. The molecule has 0 radical (unpaired) electrons. The number of benzene rings is 2. The molecule has 0 spiro atoms. The lowest BCUT2D eigenvalue weighted by Gasteiger charge is -2.12. The van der Waals surface area contributed by atoms with E-state index in [0.29, 0.717) is 18.1 Å². The first-order valence-corrected chi connectivity index (χ1v) is 8.83. The summed E-state index contributed by atoms with van der Waals surface area (Å²) >= 11 is 0. The van der Waals surface area contributed by atoms with Crippen molar-refractivity contribution >= 4 is 11.9 Å². The van der Waals surface area contributed by atoms with Gasteiger partial charge in [0.15, 0.2) is 17.5 Å². The predicted octanol–water partition coefficient (Wildman–Crippen LogP) is 1.68. The quantitative estimate of drug-likeness (QED) is 0.534. The summed E-state index contributed by atoms with van der Waals surface area (Å²) in [4.78, 5) is 16.0. The fourth-order valence-corrected chi connectivity index (χ4v) is 2.79. The van der Waals surface area contributed by atoms with E-state index in [4.69, 9.17) is 9.47 Å². The predicted molar refractivity (Wildman–Crippen MR) is 104 cm³/mol. The van der Waals surface area contributed by atoms with Crippen molar-refractivity contribution in [3.8, 4) is 11.5 Å². The third-order valence-corrected chi connectivity index (χ3v) is 4.24. The molecule has 0 atom stereocenters. The van der Waals surface area contributed by atoms with Crippen LogP contribution in [0.5, 0.6) is 11.5 Å². The highest BCUT2D eigenvalue weighted by Gasteiger charge is 2.13. The molecule has 27 heavy (non-hydrogen) atoms. The standard InChI is InChI=1S/C20H24N4O3/c1-21-19(25)16-5-3-4-15(10-16)12-24-20(22-2)23-9-8-14-6-7-17-18(11-14)27-13-26-17/h3-7,10-11H,8-9,12-13H2,1-2H3,(H,21,25)(H2,22,23,24). The number of carbonyl (C=O) groups excluding carboxylic acids is 1. The van der Waals surface area contributed by atoms with Gasteiger partial charge in [0.1, 0.15) is 0 Å². The molecule has 0 aliphatic carbocycles. The van der Waals surface area contributed by atoms with Gasteiger partial charge in [-0.05, 0) is 41.8 Å². The zero-order valence-corrected chi connectivity index (χ0v) is 15.5. The Morgan fingerprint density at radius 2 is 1.93 bits per heavy atom. The van der Waals surface area contributed by atoms with Crippen LogP contribution in [0.2, 0.25) is 0 Å². The van der Waals surface area contributed by atoms with Gasteiger partial charge in [-0.2, -0.15) is 0 Å². The second-order valence-corrected chi connectivity index (χ2v) is 6.07. The number of guanidine groups is 1. The molecule has 142 valence electrons. The largest absolute Gasteiger partial charge is 0.454 e. The maximum Gasteiger partial charge on any atom is 0.251 e. The van der Waals surface area contributed by atoms with Crippen LogP contribution in [0.3, 0.4) is 0 Å². The van der Waals surface area contributed by atoms with Crippen LogP contribution in [-0.4, -0.2) is 39.3 Å². The minimum Gasteiger partial charge on any atom is -0.454 e. The van der Waals surface area contributed by atoms with Crippen LogP contribution >= 0.6 is 0 Å². The number of nitrogens with one attached hydrogen (secondary N) is 3. The highest BCUT2D eigenvalue weighted by molar-refractivity contribution is 5.94. The lowest BCUT2D eigenvalue weighted by molar-refractivity contribution is 0.0963. The van der Waals surface area contributed by atoms with Crippen LogP contribution in [-0.2, 0) is 13.0 Å². The Morgan fingerprint density at radius 3 is 2.74 bits per heavy atom. The summed E-state index contributed by atoms with van der Waals surface area (Å²) < 4.78 is 10.7. The molecule has 0 bridgehead atoms. The number of rotatable bonds is 6. The lowest BCUT2D eigenvalue weighted by atomic mass is 10.1. The summed E-state index contributed by atoms with van der Waals surface area (Å²) in [6.07, 6.45) is 0.837. The molecular formula is C20H24N4O3. The van der Waals surface area contributed by atoms with Gasteiger partial charge in [-0.15, -0.1) is 0 Å². The van der Waals surface area contributed by atoms with Crippen LogP contribution in [0.4, 0.5) is 0 Å². The second-order valence-electron chi connectivity index (χ2n) is 6.07. The second kappa shape index (κ2) is 8.93. The molecule has 0 aromatic heterocycles. The highest BCUT2D eigenvalue weighted by Crippen LogP contribution is 2.32. The van der Waals surface area contributed by atoms with E-state index in [1.165, 1.54) is 5.56 Å². The fourth-order valence-electron chi connectivity index (χ4n) is 2.79. The van der Waals surface area contributed by atoms with Crippen LogP contribution in [0.1, 0.15) is 21.5 Å². The van der Waals surface area contributed by atoms with Gasteiger partial charge in [0.05, 0.1) is 0 Å². The smallest absolute Gasteiger partial charge is 0.251 e. The van der Waals surface area contributed by atoms with Crippen molar-refractivity contribution in [1.29, 1.82) is 0 Å². The van der Waals surface area contributed by atoms with E-state index in [0.717, 1.165) is 30.0 Å². The summed E-state index contributed by atoms with van der Waals surface area (Å²) in [6, 6.07) is 13.5. The Kier molecular flexibility index (Phi) is 6.14. The number of amides is 1. The number of aliphatic imine (C=N–C) groups is 1. The number of carbonyl (C=O) groups is 1. The Labute approximate surface area is 158 Å². The summed E-state index contributed by atoms with van der Waals surface area (Å²) in [5.74, 6) is 2.21. The van der Waals surface area contributed by atoms with E-state index in [1.807, 2.05) is 36.4 Å². The molecule has 2 aromatic rings. The average Bonchev–Trinajstić information content (AvgIpc) is 3.18. The third kappa shape index (κ3) is 4.91. The van der Waals surface area contributed by atoms with Gasteiger partial charge in [0.2, 0.25) is 6.79 Å². The Hall–Kier alpha value is -3.22. The molecular weight excluding hydrogens is 344 g/mol. The number of ether oxygens (including phenoxy) is 2. The molecule has 0 fully saturated rings. The van der Waals surface area contributed by atoms with Crippen LogP contribution < -0.4 is 25.4 Å². The molecule has 3 N–H and O–H groups in total. The zero-order valence-electron chi connectivity index (χ0n) is 15.5. The normalized spacial score (nSPS) is 12.6. The number of hydrogen-bond donors (Lipinski definition) is 3. The van der Waals surface area contributed by atoms with Crippen LogP contribution in [0.15, 0.2) is 47.5 Å². The fraction of sp³-hybridized carbons (Fsp3) is 0.300. The summed E-state index contributed by atoms with van der Waals surface area (Å²) in [5.41, 5.74) is 2.82. The molecule has 0 unspecified atom stereocenters. The molecule has 2 aromatic carbocycles. The Morgan fingerprint density at radius 1 is 1.07 bits per heavy atom. The molecule has 7 heteroatoms. The average molecular weight is 368 g/mol. The van der Waals surface area contributed by atoms with E-state index < -0.39 is 0 Å². The van der Waals surface area contributed by atoms with Gasteiger partial charge in [-0.3, -0.25) is 9.79 Å². The van der Waals surface area contributed by atoms with Gasteiger partial charge in [-0.25, -0.2) is 0 Å². The molecule has 0 saturated heterocycles. The van der Waals surface area contributed by atoms with Crippen molar-refractivity contribution in [2.24, 2.45) is 4.99 Å². The molecule has 1 aliphatic heterocycles. The van der Waals surface area contributed by atoms with Crippen molar-refractivity contribution in [3.05, 3.63) is 59.2 Å². The van der Waals surface area contributed by atoms with Crippen molar-refractivity contribution in [2.45, 2.75) is 13.0 Å². The van der Waals surface area contributed by atoms with Crippen LogP contribution in [0.25, 0.3) is 0 Å². The maximum atomic E-state index is 11.7. The Bertz CT molecular complexity index is 836. The number of fused-ring (bicyclic) bond motifs is 1. The molecule has 1 amide bonds. The van der Waals surface area contributed by atoms with E-state index >= 15 is 0 Å². The van der Waals surface area contributed by atoms with E-state index in [2.05, 4.69) is 20.9 Å². The van der Waals surface area contributed by atoms with E-state index in [1.54, 1.807) is 20.2 Å². The monoisotopic (exact) mass is 368 g/mol. The van der Waals surface area contributed by atoms with Gasteiger partial charge < -0.3 is 25.4 Å². The number of nitrogens with zero attached hydrogens (tertiary/aromatic N) is 1. The maximum absolute atomic E-state index is 11.7. The van der Waals surface area contributed by atoms with Gasteiger partial charge in [0.25, 0.3) is 5.91 Å². The molecule has 0 saturated carbocycles. The molecule has 3 rings (SSSR count). The number of hydrogen-bond acceptors (Lipinski definition) is 4. The zero-order chi connectivity index (χ0) is 19.1. The van der Waals surface area contributed by atoms with Crippen molar-refractivity contribution in [1.82, 2.24) is 16.0 Å². The molecule has 1 heterocycles. The lowest BCUT2D eigenvalue weighted by Crippen LogP contribution is -2.37. The molecule has 7 nitrogen and oxygen atoms in total. The van der Waals surface area contributed by atoms with Crippen molar-refractivity contribution in [2.75, 3.05) is 27.4 Å². The first-order valence-electron chi connectivity index (χ1n) is 8.83. The van der Waals surface area contributed by atoms with Crippen LogP contribution in [0, 0.1) is 0 Å². The van der Waals surface area contributed by atoms with Gasteiger partial charge in [-0.1, -0.05) is 18.2 Å². The van der Waals surface area contributed by atoms with Crippen molar-refractivity contribution < 1.29 is 14.3 Å². The Balaban J connectivity index is 1.48. The third-order valence-electron chi connectivity index (χ3n) is 4.24.